The molecular weight excluding hydrogens is 392 g/mol. The number of ether oxygens (including phenoxy) is 2. The van der Waals surface area contributed by atoms with Crippen molar-refractivity contribution in [1.82, 2.24) is 0 Å². The summed E-state index contributed by atoms with van der Waals surface area (Å²) in [4.78, 5) is 0. The second kappa shape index (κ2) is 15.8. The average Bonchev–Trinajstić information content (AvgIpc) is 3.20. The fourth-order valence-corrected chi connectivity index (χ4v) is 4.06. The van der Waals surface area contributed by atoms with Crippen LogP contribution in [-0.4, -0.2) is 20.0 Å². The minimum atomic E-state index is -0.413. The van der Waals surface area contributed by atoms with Crippen molar-refractivity contribution in [3.05, 3.63) is 72.3 Å². The monoisotopic (exact) mass is 438 g/mol. The van der Waals surface area contributed by atoms with Crippen LogP contribution >= 0.6 is 0 Å². The Labute approximate surface area is 198 Å². The molecule has 0 bridgehead atoms. The number of hydrogen-bond acceptors (Lipinski definition) is 2. The molecule has 0 amide bonds. The predicted octanol–water partition coefficient (Wildman–Crippen LogP) is 8.83. The number of unbranched alkanes of at least 4 members (excludes halogenated alkanes) is 5. The minimum absolute atomic E-state index is 0.413. The molecule has 0 aliphatic heterocycles. The molecule has 1 aliphatic rings. The van der Waals surface area contributed by atoms with Crippen molar-refractivity contribution in [2.24, 2.45) is 5.92 Å². The van der Waals surface area contributed by atoms with E-state index in [1.54, 1.807) is 20.3 Å². The van der Waals surface area contributed by atoms with Gasteiger partial charge in [-0.15, -0.1) is 6.58 Å². The summed E-state index contributed by atoms with van der Waals surface area (Å²) in [6.07, 6.45) is 12.1. The highest BCUT2D eigenvalue weighted by Crippen LogP contribution is 2.35. The second-order valence-electron chi connectivity index (χ2n) is 8.78. The zero-order valence-electron chi connectivity index (χ0n) is 21.5. The lowest BCUT2D eigenvalue weighted by atomic mass is 9.94. The number of methoxy groups -OCH3 is 2. The standard InChI is InChI=1S/C14H30O2.C13H10.C3H6/c1-6-7-8-9-10-11-12-13(2)14(3,15-4)16-5;1-3-7-12-10(5-1)9-11-6-2-4-8-13(11)12;1-3-2/h13H,6-12H2,1-5H3;1-8H,9H2;3H,1H2,2H3. The molecule has 2 aromatic rings. The van der Waals surface area contributed by atoms with Crippen molar-refractivity contribution in [2.45, 2.75) is 84.8 Å². The summed E-state index contributed by atoms with van der Waals surface area (Å²) in [6, 6.07) is 17.3. The van der Waals surface area contributed by atoms with E-state index in [1.165, 1.54) is 67.2 Å². The van der Waals surface area contributed by atoms with E-state index < -0.39 is 5.79 Å². The van der Waals surface area contributed by atoms with Gasteiger partial charge in [-0.05, 0) is 48.9 Å². The summed E-state index contributed by atoms with van der Waals surface area (Å²) in [6.45, 7) is 11.7. The predicted molar refractivity (Wildman–Crippen MR) is 140 cm³/mol. The Bertz CT molecular complexity index is 717. The fourth-order valence-electron chi connectivity index (χ4n) is 4.06. The molecule has 3 rings (SSSR count). The van der Waals surface area contributed by atoms with E-state index in [2.05, 4.69) is 69.0 Å². The van der Waals surface area contributed by atoms with Gasteiger partial charge in [0.25, 0.3) is 0 Å². The minimum Gasteiger partial charge on any atom is -0.353 e. The maximum Gasteiger partial charge on any atom is 0.167 e. The van der Waals surface area contributed by atoms with Crippen molar-refractivity contribution in [3.63, 3.8) is 0 Å². The summed E-state index contributed by atoms with van der Waals surface area (Å²) in [5.74, 6) is 0.0392. The molecule has 2 heteroatoms. The van der Waals surface area contributed by atoms with Crippen LogP contribution in [0, 0.1) is 5.92 Å². The van der Waals surface area contributed by atoms with Crippen LogP contribution in [0.3, 0.4) is 0 Å². The Kier molecular flexibility index (Phi) is 13.9. The molecule has 32 heavy (non-hydrogen) atoms. The summed E-state index contributed by atoms with van der Waals surface area (Å²) in [5.41, 5.74) is 5.75. The molecule has 0 heterocycles. The maximum absolute atomic E-state index is 5.42. The van der Waals surface area contributed by atoms with E-state index in [-0.39, 0.29) is 0 Å². The number of fused-ring (bicyclic) bond motifs is 3. The van der Waals surface area contributed by atoms with Gasteiger partial charge in [-0.2, -0.15) is 0 Å². The van der Waals surface area contributed by atoms with Gasteiger partial charge in [0.2, 0.25) is 0 Å². The van der Waals surface area contributed by atoms with Gasteiger partial charge in [0, 0.05) is 20.1 Å². The Hall–Kier alpha value is -1.90. The molecule has 1 aliphatic carbocycles. The van der Waals surface area contributed by atoms with Gasteiger partial charge < -0.3 is 9.47 Å². The van der Waals surface area contributed by atoms with E-state index in [9.17, 15) is 0 Å². The molecule has 2 aromatic carbocycles. The molecule has 2 nitrogen and oxygen atoms in total. The average molecular weight is 439 g/mol. The first kappa shape index (κ1) is 28.1. The molecular formula is C30H46O2. The number of allylic oxidation sites excluding steroid dienone is 1. The van der Waals surface area contributed by atoms with Crippen LogP contribution < -0.4 is 0 Å². The molecule has 0 spiro atoms. The molecule has 0 radical (unpaired) electrons. The summed E-state index contributed by atoms with van der Waals surface area (Å²) in [5, 5.41) is 0. The number of hydrogen-bond donors (Lipinski definition) is 0. The quantitative estimate of drug-likeness (QED) is 0.179. The van der Waals surface area contributed by atoms with Gasteiger partial charge in [-0.25, -0.2) is 0 Å². The van der Waals surface area contributed by atoms with Crippen LogP contribution in [0.2, 0.25) is 0 Å². The first-order valence-electron chi connectivity index (χ1n) is 12.3. The van der Waals surface area contributed by atoms with Crippen molar-refractivity contribution < 1.29 is 9.47 Å². The summed E-state index contributed by atoms with van der Waals surface area (Å²) >= 11 is 0. The van der Waals surface area contributed by atoms with Crippen molar-refractivity contribution in [3.8, 4) is 11.1 Å². The molecule has 0 saturated heterocycles. The third-order valence-electron chi connectivity index (χ3n) is 6.40. The maximum atomic E-state index is 5.42. The van der Waals surface area contributed by atoms with Crippen LogP contribution in [0.5, 0.6) is 0 Å². The number of benzene rings is 2. The van der Waals surface area contributed by atoms with Gasteiger partial charge in [0.1, 0.15) is 0 Å². The molecule has 0 N–H and O–H groups in total. The third kappa shape index (κ3) is 8.92. The molecule has 178 valence electrons. The normalized spacial score (nSPS) is 12.4. The van der Waals surface area contributed by atoms with Crippen LogP contribution in [0.15, 0.2) is 61.2 Å². The van der Waals surface area contributed by atoms with Gasteiger partial charge in [0.15, 0.2) is 5.79 Å². The van der Waals surface area contributed by atoms with Gasteiger partial charge in [-0.1, -0.05) is 107 Å². The lowest BCUT2D eigenvalue weighted by Crippen LogP contribution is -2.37. The van der Waals surface area contributed by atoms with E-state index in [0.717, 1.165) is 6.42 Å². The number of rotatable bonds is 10. The van der Waals surface area contributed by atoms with Crippen molar-refractivity contribution in [2.75, 3.05) is 14.2 Å². The van der Waals surface area contributed by atoms with Gasteiger partial charge in [0.05, 0.1) is 0 Å². The van der Waals surface area contributed by atoms with Gasteiger partial charge in [-0.3, -0.25) is 0 Å². The van der Waals surface area contributed by atoms with E-state index in [4.69, 9.17) is 9.47 Å². The Balaban J connectivity index is 0.000000287. The van der Waals surface area contributed by atoms with Crippen molar-refractivity contribution in [1.29, 1.82) is 0 Å². The van der Waals surface area contributed by atoms with E-state index in [1.807, 2.05) is 13.8 Å². The highest BCUT2D eigenvalue weighted by Gasteiger charge is 2.29. The van der Waals surface area contributed by atoms with E-state index in [0.29, 0.717) is 5.92 Å². The lowest BCUT2D eigenvalue weighted by Gasteiger charge is -2.32. The highest BCUT2D eigenvalue weighted by molar-refractivity contribution is 5.76. The largest absolute Gasteiger partial charge is 0.353 e. The van der Waals surface area contributed by atoms with Crippen LogP contribution in [-0.2, 0) is 15.9 Å². The van der Waals surface area contributed by atoms with Crippen LogP contribution in [0.1, 0.15) is 83.8 Å². The Morgan fingerprint density at radius 3 is 1.78 bits per heavy atom. The third-order valence-corrected chi connectivity index (χ3v) is 6.40. The Morgan fingerprint density at radius 1 is 0.875 bits per heavy atom. The fraction of sp³-hybridized carbons (Fsp3) is 0.533. The smallest absolute Gasteiger partial charge is 0.167 e. The first-order valence-corrected chi connectivity index (χ1v) is 12.3. The molecule has 0 saturated carbocycles. The van der Waals surface area contributed by atoms with E-state index >= 15 is 0 Å². The van der Waals surface area contributed by atoms with Gasteiger partial charge >= 0.3 is 0 Å². The summed E-state index contributed by atoms with van der Waals surface area (Å²) in [7, 11) is 3.45. The molecule has 1 atom stereocenters. The van der Waals surface area contributed by atoms with Crippen molar-refractivity contribution >= 4 is 0 Å². The molecule has 0 aromatic heterocycles. The summed E-state index contributed by atoms with van der Waals surface area (Å²) < 4.78 is 10.8. The van der Waals surface area contributed by atoms with Crippen LogP contribution in [0.4, 0.5) is 0 Å². The zero-order chi connectivity index (χ0) is 23.8. The molecule has 1 unspecified atom stereocenters. The highest BCUT2D eigenvalue weighted by atomic mass is 16.7. The Morgan fingerprint density at radius 2 is 1.31 bits per heavy atom. The first-order chi connectivity index (χ1) is 15.5. The van der Waals surface area contributed by atoms with Crippen LogP contribution in [0.25, 0.3) is 11.1 Å². The lowest BCUT2D eigenvalue weighted by molar-refractivity contribution is -0.224. The topological polar surface area (TPSA) is 18.5 Å². The SMILES string of the molecule is C=CC.CCCCCCCCC(C)C(C)(OC)OC.c1ccc2c(c1)Cc1ccccc1-2. The zero-order valence-corrected chi connectivity index (χ0v) is 21.5. The molecule has 0 fully saturated rings. The second-order valence-corrected chi connectivity index (χ2v) is 8.78.